The molecule has 7 heteroatoms. The summed E-state index contributed by atoms with van der Waals surface area (Å²) in [5, 5.41) is 13.2. The molecule has 4 aromatic rings. The number of benzene rings is 2. The third-order valence-electron chi connectivity index (χ3n) is 5.62. The van der Waals surface area contributed by atoms with Crippen LogP contribution in [0.4, 0.5) is 11.4 Å². The predicted molar refractivity (Wildman–Crippen MR) is 126 cm³/mol. The van der Waals surface area contributed by atoms with E-state index >= 15 is 0 Å². The second kappa shape index (κ2) is 7.67. The molecule has 0 saturated carbocycles. The van der Waals surface area contributed by atoms with E-state index in [1.165, 1.54) is 16.0 Å². The number of thiophene rings is 1. The fourth-order valence-corrected chi connectivity index (χ4v) is 5.12. The smallest absolute Gasteiger partial charge is 0.160 e. The lowest BCUT2D eigenvalue weighted by molar-refractivity contribution is 0.417. The lowest BCUT2D eigenvalue weighted by Gasteiger charge is -2.12. The maximum atomic E-state index is 5.44. The average Bonchev–Trinajstić information content (AvgIpc) is 3.23. The number of anilines is 2. The minimum atomic E-state index is 0.511. The molecule has 1 N–H and O–H groups in total. The Morgan fingerprint density at radius 1 is 1.00 bits per heavy atom. The number of aryl methyl sites for hydroxylation is 2. The number of methoxy groups -OCH3 is 1. The monoisotopic (exact) mass is 429 g/mol. The topological polar surface area (TPSA) is 64.3 Å². The number of fused-ring (bicyclic) bond motifs is 3. The summed E-state index contributed by atoms with van der Waals surface area (Å²) < 4.78 is 7.59. The molecule has 156 valence electrons. The van der Waals surface area contributed by atoms with Crippen LogP contribution in [0.3, 0.4) is 0 Å². The second-order valence-electron chi connectivity index (χ2n) is 7.53. The number of ether oxygens (including phenoxy) is 1. The van der Waals surface area contributed by atoms with Gasteiger partial charge < -0.3 is 10.1 Å². The average molecular weight is 430 g/mol. The van der Waals surface area contributed by atoms with E-state index in [9.17, 15) is 0 Å². The normalized spacial score (nSPS) is 12.6. The van der Waals surface area contributed by atoms with Crippen LogP contribution in [0.2, 0.25) is 0 Å². The molecular formula is C24H23N5OS. The van der Waals surface area contributed by atoms with Crippen molar-refractivity contribution >= 4 is 28.4 Å². The van der Waals surface area contributed by atoms with Crippen LogP contribution in [0.15, 0.2) is 53.5 Å². The molecule has 3 heterocycles. The van der Waals surface area contributed by atoms with Gasteiger partial charge in [0.15, 0.2) is 5.82 Å². The lowest BCUT2D eigenvalue weighted by Crippen LogP contribution is -2.07. The van der Waals surface area contributed by atoms with Gasteiger partial charge in [-0.2, -0.15) is 0 Å². The molecule has 0 spiro atoms. The number of aromatic nitrogens is 3. The number of rotatable bonds is 4. The van der Waals surface area contributed by atoms with Gasteiger partial charge in [-0.15, -0.1) is 21.5 Å². The molecule has 0 bridgehead atoms. The highest BCUT2D eigenvalue weighted by Gasteiger charge is 2.26. The summed E-state index contributed by atoms with van der Waals surface area (Å²) in [6.07, 6.45) is 0. The first kappa shape index (κ1) is 19.5. The van der Waals surface area contributed by atoms with Gasteiger partial charge in [0.05, 0.1) is 18.5 Å². The lowest BCUT2D eigenvalue weighted by atomic mass is 9.99. The summed E-state index contributed by atoms with van der Waals surface area (Å²) in [4.78, 5) is 6.25. The summed E-state index contributed by atoms with van der Waals surface area (Å²) in [7, 11) is 1.68. The van der Waals surface area contributed by atoms with Gasteiger partial charge in [0.25, 0.3) is 0 Å². The number of para-hydroxylation sites is 2. The zero-order chi connectivity index (χ0) is 21.5. The summed E-state index contributed by atoms with van der Waals surface area (Å²) in [6, 6.07) is 16.3. The summed E-state index contributed by atoms with van der Waals surface area (Å²) in [6.45, 7) is 6.83. The van der Waals surface area contributed by atoms with E-state index in [1.54, 1.807) is 18.4 Å². The van der Waals surface area contributed by atoms with E-state index in [-0.39, 0.29) is 0 Å². The van der Waals surface area contributed by atoms with Crippen molar-refractivity contribution < 1.29 is 4.74 Å². The Labute approximate surface area is 185 Å². The molecule has 0 saturated heterocycles. The van der Waals surface area contributed by atoms with Crippen LogP contribution < -0.4 is 10.1 Å². The van der Waals surface area contributed by atoms with Crippen LogP contribution in [0.5, 0.6) is 5.75 Å². The Morgan fingerprint density at radius 2 is 1.77 bits per heavy atom. The quantitative estimate of drug-likeness (QED) is 0.474. The Balaban J connectivity index is 1.53. The maximum absolute atomic E-state index is 5.44. The minimum Gasteiger partial charge on any atom is -0.495 e. The minimum absolute atomic E-state index is 0.511. The predicted octanol–water partition coefficient (Wildman–Crippen LogP) is 5.36. The van der Waals surface area contributed by atoms with Gasteiger partial charge in [0.2, 0.25) is 0 Å². The van der Waals surface area contributed by atoms with Crippen molar-refractivity contribution in [3.05, 3.63) is 81.7 Å². The van der Waals surface area contributed by atoms with Gasteiger partial charge in [-0.05, 0) is 50.6 Å². The number of hydrogen-bond acceptors (Lipinski definition) is 6. The molecule has 0 fully saturated rings. The SMILES string of the molecule is COc1ccccc1Nc1ccc(C2=NCc3nnc(C)n3-c3sc(C)c(C)c32)cc1. The summed E-state index contributed by atoms with van der Waals surface area (Å²) in [5.41, 5.74) is 6.46. The van der Waals surface area contributed by atoms with Crippen LogP contribution in [0, 0.1) is 20.8 Å². The molecule has 2 aromatic carbocycles. The largest absolute Gasteiger partial charge is 0.495 e. The van der Waals surface area contributed by atoms with Gasteiger partial charge in [-0.25, -0.2) is 0 Å². The highest BCUT2D eigenvalue weighted by molar-refractivity contribution is 7.15. The fourth-order valence-electron chi connectivity index (χ4n) is 3.90. The summed E-state index contributed by atoms with van der Waals surface area (Å²) in [5.74, 6) is 2.59. The molecule has 6 nitrogen and oxygen atoms in total. The van der Waals surface area contributed by atoms with Gasteiger partial charge in [0, 0.05) is 21.7 Å². The molecular weight excluding hydrogens is 406 g/mol. The molecule has 5 rings (SSSR count). The number of nitrogens with one attached hydrogen (secondary N) is 1. The molecule has 1 aliphatic heterocycles. The third kappa shape index (κ3) is 3.31. The molecule has 2 aromatic heterocycles. The van der Waals surface area contributed by atoms with Crippen molar-refractivity contribution in [1.29, 1.82) is 0 Å². The van der Waals surface area contributed by atoms with E-state index in [4.69, 9.17) is 9.73 Å². The van der Waals surface area contributed by atoms with E-state index in [2.05, 4.69) is 58.2 Å². The molecule has 0 radical (unpaired) electrons. The molecule has 0 aliphatic carbocycles. The highest BCUT2D eigenvalue weighted by atomic mass is 32.1. The first-order valence-electron chi connectivity index (χ1n) is 10.1. The molecule has 0 unspecified atom stereocenters. The molecule has 31 heavy (non-hydrogen) atoms. The van der Waals surface area contributed by atoms with Crippen LogP contribution in [0.1, 0.15) is 33.2 Å². The van der Waals surface area contributed by atoms with Crippen molar-refractivity contribution in [2.75, 3.05) is 12.4 Å². The van der Waals surface area contributed by atoms with Gasteiger partial charge in [-0.3, -0.25) is 9.56 Å². The maximum Gasteiger partial charge on any atom is 0.160 e. The number of aliphatic imine (C=N–C) groups is 1. The van der Waals surface area contributed by atoms with Crippen molar-refractivity contribution in [2.45, 2.75) is 27.3 Å². The van der Waals surface area contributed by atoms with Crippen LogP contribution >= 0.6 is 11.3 Å². The number of hydrogen-bond donors (Lipinski definition) is 1. The van der Waals surface area contributed by atoms with E-state index in [0.717, 1.165) is 45.0 Å². The van der Waals surface area contributed by atoms with Crippen molar-refractivity contribution in [3.8, 4) is 10.8 Å². The molecule has 0 atom stereocenters. The summed E-state index contributed by atoms with van der Waals surface area (Å²) >= 11 is 1.77. The van der Waals surface area contributed by atoms with E-state index < -0.39 is 0 Å². The van der Waals surface area contributed by atoms with Gasteiger partial charge in [0.1, 0.15) is 23.1 Å². The van der Waals surface area contributed by atoms with Crippen LogP contribution in [0.25, 0.3) is 5.00 Å². The first-order chi connectivity index (χ1) is 15.1. The van der Waals surface area contributed by atoms with E-state index in [0.29, 0.717) is 6.54 Å². The Morgan fingerprint density at radius 3 is 2.55 bits per heavy atom. The van der Waals surface area contributed by atoms with Crippen LogP contribution in [-0.2, 0) is 6.54 Å². The van der Waals surface area contributed by atoms with Gasteiger partial charge in [-0.1, -0.05) is 24.3 Å². The Kier molecular flexibility index (Phi) is 4.82. The van der Waals surface area contributed by atoms with Gasteiger partial charge >= 0.3 is 0 Å². The third-order valence-corrected chi connectivity index (χ3v) is 6.81. The Bertz CT molecular complexity index is 1300. The number of nitrogens with zero attached hydrogens (tertiary/aromatic N) is 4. The van der Waals surface area contributed by atoms with Crippen molar-refractivity contribution in [3.63, 3.8) is 0 Å². The molecule has 1 aliphatic rings. The Hall–Kier alpha value is -3.45. The zero-order valence-electron chi connectivity index (χ0n) is 17.9. The van der Waals surface area contributed by atoms with Crippen molar-refractivity contribution in [2.24, 2.45) is 4.99 Å². The van der Waals surface area contributed by atoms with Crippen molar-refractivity contribution in [1.82, 2.24) is 14.8 Å². The molecule has 0 amide bonds. The highest BCUT2D eigenvalue weighted by Crippen LogP contribution is 2.36. The van der Waals surface area contributed by atoms with E-state index in [1.807, 2.05) is 31.2 Å². The first-order valence-corrected chi connectivity index (χ1v) is 10.9. The zero-order valence-corrected chi connectivity index (χ0v) is 18.7. The second-order valence-corrected chi connectivity index (χ2v) is 8.73. The van der Waals surface area contributed by atoms with Crippen LogP contribution in [-0.4, -0.2) is 27.6 Å². The standard InChI is InChI=1S/C24H23N5OS/c1-14-15(2)31-24-22(14)23(25-13-21-28-27-16(3)29(21)24)17-9-11-18(12-10-17)26-19-7-5-6-8-20(19)30-4/h5-12,26H,13H2,1-4H3. The fraction of sp³-hybridized carbons (Fsp3) is 0.208.